The number of carbonyl (C=O) groups excluding carboxylic acids is 1. The molecule has 154 valence electrons. The van der Waals surface area contributed by atoms with Gasteiger partial charge in [0.05, 0.1) is 0 Å². The monoisotopic (exact) mass is 398 g/mol. The number of rotatable bonds is 11. The van der Waals surface area contributed by atoms with Crippen molar-refractivity contribution >= 4 is 17.5 Å². The molecule has 1 aromatic carbocycles. The van der Waals surface area contributed by atoms with Crippen LogP contribution in [0.4, 0.5) is 0 Å². The van der Waals surface area contributed by atoms with Gasteiger partial charge >= 0.3 is 0 Å². The van der Waals surface area contributed by atoms with E-state index in [1.807, 2.05) is 26.0 Å². The van der Waals surface area contributed by atoms with E-state index in [9.17, 15) is 4.79 Å². The molecule has 1 rings (SSSR count). The lowest BCUT2D eigenvalue weighted by Gasteiger charge is -2.11. The van der Waals surface area contributed by atoms with Crippen LogP contribution in [0.3, 0.4) is 0 Å². The maximum atomic E-state index is 12.5. The second kappa shape index (κ2) is 12.8. The smallest absolute Gasteiger partial charge is 0.166 e. The average Bonchev–Trinajstić information content (AvgIpc) is 2.61. The molecule has 0 bridgehead atoms. The number of hydrogen-bond acceptors (Lipinski definition) is 2. The number of carbonyl (C=O) groups is 1. The molecule has 0 aliphatic carbocycles. The number of aryl methyl sites for hydroxylation is 1. The van der Waals surface area contributed by atoms with E-state index in [0.29, 0.717) is 0 Å². The van der Waals surface area contributed by atoms with Gasteiger partial charge in [-0.1, -0.05) is 60.9 Å². The van der Waals surface area contributed by atoms with Crippen LogP contribution in [0, 0.1) is 12.8 Å². The van der Waals surface area contributed by atoms with Gasteiger partial charge in [0.25, 0.3) is 0 Å². The minimum absolute atomic E-state index is 0.0334. The highest BCUT2D eigenvalue weighted by Gasteiger charge is 2.14. The standard InChI is InChI=1S/C26H38OS/c1-19(2)10-8-11-21(5)12-9-13-22(6)16-17-28-25-18-23(7)14-15-24(25)26(27)20(3)4/h10,12,14-16,18,20H,8-9,11,13,17H2,1-7H3/b21-12+,22-16+. The minimum atomic E-state index is 0.0334. The Hall–Kier alpha value is -1.54. The zero-order chi connectivity index (χ0) is 21.1. The summed E-state index contributed by atoms with van der Waals surface area (Å²) in [7, 11) is 0. The molecular formula is C26H38OS. The summed E-state index contributed by atoms with van der Waals surface area (Å²) < 4.78 is 0. The van der Waals surface area contributed by atoms with Crippen LogP contribution in [0.15, 0.2) is 58.0 Å². The maximum Gasteiger partial charge on any atom is 0.166 e. The van der Waals surface area contributed by atoms with E-state index in [-0.39, 0.29) is 11.7 Å². The van der Waals surface area contributed by atoms with Gasteiger partial charge in [-0.3, -0.25) is 4.79 Å². The van der Waals surface area contributed by atoms with Crippen LogP contribution in [0.25, 0.3) is 0 Å². The Bertz CT molecular complexity index is 731. The minimum Gasteiger partial charge on any atom is -0.294 e. The molecule has 0 aliphatic heterocycles. The molecule has 0 amide bonds. The zero-order valence-corrected chi connectivity index (χ0v) is 19.7. The van der Waals surface area contributed by atoms with Gasteiger partial charge in [-0.15, -0.1) is 11.8 Å². The molecular weight excluding hydrogens is 360 g/mol. The Kier molecular flexibility index (Phi) is 11.2. The molecule has 0 aromatic heterocycles. The lowest BCUT2D eigenvalue weighted by Crippen LogP contribution is -2.09. The molecule has 2 heteroatoms. The molecule has 0 saturated carbocycles. The van der Waals surface area contributed by atoms with Crippen LogP contribution < -0.4 is 0 Å². The second-order valence-electron chi connectivity index (χ2n) is 8.29. The van der Waals surface area contributed by atoms with E-state index in [0.717, 1.165) is 41.9 Å². The zero-order valence-electron chi connectivity index (χ0n) is 18.9. The first-order chi connectivity index (χ1) is 13.2. The van der Waals surface area contributed by atoms with E-state index in [1.165, 1.54) is 22.3 Å². The summed E-state index contributed by atoms with van der Waals surface area (Å²) in [6.45, 7) is 14.8. The first-order valence-electron chi connectivity index (χ1n) is 10.4. The Morgan fingerprint density at radius 3 is 2.18 bits per heavy atom. The second-order valence-corrected chi connectivity index (χ2v) is 9.35. The van der Waals surface area contributed by atoms with Crippen LogP contribution in [0.2, 0.25) is 0 Å². The van der Waals surface area contributed by atoms with Gasteiger partial charge in [-0.2, -0.15) is 0 Å². The van der Waals surface area contributed by atoms with Gasteiger partial charge in [-0.25, -0.2) is 0 Å². The van der Waals surface area contributed by atoms with Crippen molar-refractivity contribution in [3.05, 3.63) is 64.3 Å². The number of hydrogen-bond donors (Lipinski definition) is 0. The Morgan fingerprint density at radius 1 is 0.964 bits per heavy atom. The van der Waals surface area contributed by atoms with Crippen LogP contribution in [0.5, 0.6) is 0 Å². The highest BCUT2D eigenvalue weighted by molar-refractivity contribution is 7.99. The van der Waals surface area contributed by atoms with Crippen LogP contribution in [-0.4, -0.2) is 11.5 Å². The van der Waals surface area contributed by atoms with E-state index in [1.54, 1.807) is 11.8 Å². The molecule has 0 radical (unpaired) electrons. The topological polar surface area (TPSA) is 17.1 Å². The summed E-state index contributed by atoms with van der Waals surface area (Å²) in [5.41, 5.74) is 6.38. The molecule has 0 atom stereocenters. The fourth-order valence-corrected chi connectivity index (χ4v) is 4.02. The fraction of sp³-hybridized carbons (Fsp3) is 0.500. The normalized spacial score (nSPS) is 12.4. The fourth-order valence-electron chi connectivity index (χ4n) is 2.88. The van der Waals surface area contributed by atoms with Crippen molar-refractivity contribution in [1.82, 2.24) is 0 Å². The molecule has 0 saturated heterocycles. The van der Waals surface area contributed by atoms with Crippen molar-refractivity contribution in [2.45, 2.75) is 79.0 Å². The Labute approximate surface area is 177 Å². The number of allylic oxidation sites excluding steroid dienone is 5. The predicted octanol–water partition coefficient (Wildman–Crippen LogP) is 8.35. The Morgan fingerprint density at radius 2 is 1.57 bits per heavy atom. The number of ketones is 1. The lowest BCUT2D eigenvalue weighted by molar-refractivity contribution is 0.0936. The summed E-state index contributed by atoms with van der Waals surface area (Å²) in [6.07, 6.45) is 11.5. The summed E-state index contributed by atoms with van der Waals surface area (Å²) in [5.74, 6) is 1.18. The summed E-state index contributed by atoms with van der Waals surface area (Å²) >= 11 is 1.77. The van der Waals surface area contributed by atoms with Gasteiger partial charge in [0.2, 0.25) is 0 Å². The van der Waals surface area contributed by atoms with Crippen molar-refractivity contribution in [2.24, 2.45) is 5.92 Å². The van der Waals surface area contributed by atoms with Gasteiger partial charge in [0.15, 0.2) is 5.78 Å². The Balaban J connectivity index is 2.55. The first-order valence-corrected chi connectivity index (χ1v) is 11.4. The van der Waals surface area contributed by atoms with Crippen molar-refractivity contribution in [2.75, 3.05) is 5.75 Å². The van der Waals surface area contributed by atoms with Crippen LogP contribution in [0.1, 0.15) is 83.1 Å². The highest BCUT2D eigenvalue weighted by atomic mass is 32.2. The SMILES string of the molecule is CC(C)=CCC/C(C)=C/CC/C(C)=C/CSc1cc(C)ccc1C(=O)C(C)C. The summed E-state index contributed by atoms with van der Waals surface area (Å²) in [5, 5.41) is 0. The summed E-state index contributed by atoms with van der Waals surface area (Å²) in [4.78, 5) is 13.6. The van der Waals surface area contributed by atoms with Crippen molar-refractivity contribution < 1.29 is 4.79 Å². The molecule has 0 unspecified atom stereocenters. The van der Waals surface area contributed by atoms with Crippen molar-refractivity contribution in [1.29, 1.82) is 0 Å². The third-order valence-electron chi connectivity index (χ3n) is 4.72. The molecule has 1 aromatic rings. The molecule has 0 N–H and O–H groups in total. The van der Waals surface area contributed by atoms with Crippen LogP contribution >= 0.6 is 11.8 Å². The molecule has 1 nitrogen and oxygen atoms in total. The van der Waals surface area contributed by atoms with Gasteiger partial charge in [0.1, 0.15) is 0 Å². The van der Waals surface area contributed by atoms with E-state index in [4.69, 9.17) is 0 Å². The number of Topliss-reactive ketones (excluding diaryl/α,β-unsaturated/α-hetero) is 1. The highest BCUT2D eigenvalue weighted by Crippen LogP contribution is 2.27. The van der Waals surface area contributed by atoms with Gasteiger partial charge in [0, 0.05) is 22.1 Å². The van der Waals surface area contributed by atoms with Crippen molar-refractivity contribution in [3.8, 4) is 0 Å². The molecule has 0 fully saturated rings. The molecule has 0 aliphatic rings. The van der Waals surface area contributed by atoms with Gasteiger partial charge < -0.3 is 0 Å². The quantitative estimate of drug-likeness (QED) is 0.212. The van der Waals surface area contributed by atoms with E-state index < -0.39 is 0 Å². The number of benzene rings is 1. The maximum absolute atomic E-state index is 12.5. The third-order valence-corrected chi connectivity index (χ3v) is 5.70. The van der Waals surface area contributed by atoms with E-state index >= 15 is 0 Å². The summed E-state index contributed by atoms with van der Waals surface area (Å²) in [6, 6.07) is 6.16. The largest absolute Gasteiger partial charge is 0.294 e. The van der Waals surface area contributed by atoms with Crippen molar-refractivity contribution in [3.63, 3.8) is 0 Å². The third kappa shape index (κ3) is 9.59. The first kappa shape index (κ1) is 24.5. The molecule has 0 spiro atoms. The predicted molar refractivity (Wildman–Crippen MR) is 126 cm³/mol. The van der Waals surface area contributed by atoms with E-state index in [2.05, 4.69) is 58.9 Å². The van der Waals surface area contributed by atoms with Gasteiger partial charge in [-0.05, 0) is 71.9 Å². The number of thioether (sulfide) groups is 1. The van der Waals surface area contributed by atoms with Crippen LogP contribution in [-0.2, 0) is 0 Å². The lowest BCUT2D eigenvalue weighted by atomic mass is 10.0. The average molecular weight is 399 g/mol. The molecule has 0 heterocycles. The molecule has 28 heavy (non-hydrogen) atoms.